The van der Waals surface area contributed by atoms with E-state index < -0.39 is 29.0 Å². The Labute approximate surface area is 173 Å². The minimum atomic E-state index is -2.93. The molecular formula is C21H14F3N3O4. The molecule has 10 heteroatoms. The molecule has 0 saturated heterocycles. The van der Waals surface area contributed by atoms with Crippen LogP contribution in [-0.4, -0.2) is 17.3 Å². The smallest absolute Gasteiger partial charge is 0.314 e. The van der Waals surface area contributed by atoms with Crippen LogP contribution in [0.3, 0.4) is 0 Å². The molecule has 0 aliphatic carbocycles. The van der Waals surface area contributed by atoms with E-state index in [4.69, 9.17) is 9.15 Å². The molecule has 3 aromatic carbocycles. The van der Waals surface area contributed by atoms with Gasteiger partial charge in [-0.2, -0.15) is 8.78 Å². The third kappa shape index (κ3) is 3.67. The molecule has 4 rings (SSSR count). The minimum absolute atomic E-state index is 0.0284. The fourth-order valence-electron chi connectivity index (χ4n) is 3.12. The van der Waals surface area contributed by atoms with Crippen LogP contribution in [0.5, 0.6) is 5.75 Å². The molecule has 0 N–H and O–H groups in total. The van der Waals surface area contributed by atoms with Crippen LogP contribution in [0.2, 0.25) is 0 Å². The number of hydrogen-bond acceptors (Lipinski definition) is 7. The quantitative estimate of drug-likeness (QED) is 0.414. The minimum Gasteiger partial charge on any atom is -0.491 e. The van der Waals surface area contributed by atoms with Crippen LogP contribution in [0.4, 0.5) is 24.5 Å². The Morgan fingerprint density at radius 3 is 2.42 bits per heavy atom. The van der Waals surface area contributed by atoms with Crippen molar-refractivity contribution in [2.75, 3.05) is 12.0 Å². The molecule has 0 aliphatic heterocycles. The second-order valence-corrected chi connectivity index (χ2v) is 6.51. The lowest BCUT2D eigenvalue weighted by molar-refractivity contribution is 0.116. The molecule has 0 unspecified atom stereocenters. The van der Waals surface area contributed by atoms with Crippen molar-refractivity contribution in [3.05, 3.63) is 86.2 Å². The topological polar surface area (TPSA) is 85.5 Å². The highest BCUT2D eigenvalue weighted by Gasteiger charge is 2.29. The molecule has 31 heavy (non-hydrogen) atoms. The first kappa shape index (κ1) is 20.3. The molecule has 0 spiro atoms. The summed E-state index contributed by atoms with van der Waals surface area (Å²) in [5, 5.41) is 6.72. The van der Waals surface area contributed by atoms with Gasteiger partial charge >= 0.3 is 6.43 Å². The van der Waals surface area contributed by atoms with Crippen LogP contribution < -0.4 is 20.5 Å². The number of alkyl halides is 2. The monoisotopic (exact) mass is 429 g/mol. The first-order valence-corrected chi connectivity index (χ1v) is 9.01. The summed E-state index contributed by atoms with van der Waals surface area (Å²) in [4.78, 5) is 25.5. The van der Waals surface area contributed by atoms with Crippen molar-refractivity contribution in [2.45, 2.75) is 13.0 Å². The number of methoxy groups -OCH3 is 1. The van der Waals surface area contributed by atoms with E-state index in [9.17, 15) is 22.8 Å². The zero-order chi connectivity index (χ0) is 22.1. The van der Waals surface area contributed by atoms with Gasteiger partial charge in [0.25, 0.3) is 16.7 Å². The van der Waals surface area contributed by atoms with E-state index in [1.54, 1.807) is 30.3 Å². The normalized spacial score (nSPS) is 11.3. The molecule has 0 radical (unpaired) electrons. The van der Waals surface area contributed by atoms with Gasteiger partial charge in [0.05, 0.1) is 13.7 Å². The molecule has 158 valence electrons. The maximum absolute atomic E-state index is 14.9. The number of halogens is 3. The second-order valence-electron chi connectivity index (χ2n) is 6.51. The van der Waals surface area contributed by atoms with Gasteiger partial charge in [-0.3, -0.25) is 9.59 Å². The lowest BCUT2D eigenvalue weighted by Crippen LogP contribution is -2.39. The fourth-order valence-corrected chi connectivity index (χ4v) is 3.12. The number of benzene rings is 2. The van der Waals surface area contributed by atoms with E-state index in [2.05, 4.69) is 10.2 Å². The van der Waals surface area contributed by atoms with E-state index in [0.29, 0.717) is 5.69 Å². The molecular weight excluding hydrogens is 415 g/mol. The summed E-state index contributed by atoms with van der Waals surface area (Å²) >= 11 is 0. The molecule has 0 atom stereocenters. The Morgan fingerprint density at radius 1 is 1.06 bits per heavy atom. The number of rotatable bonds is 7. The predicted molar refractivity (Wildman–Crippen MR) is 105 cm³/mol. The summed E-state index contributed by atoms with van der Waals surface area (Å²) in [6.07, 6.45) is -2.93. The Hall–Kier alpha value is -3.95. The molecule has 0 saturated carbocycles. The number of para-hydroxylation sites is 1. The van der Waals surface area contributed by atoms with Crippen molar-refractivity contribution < 1.29 is 22.3 Å². The Bertz CT molecular complexity index is 1300. The van der Waals surface area contributed by atoms with Crippen LogP contribution in [0, 0.1) is 5.82 Å². The number of ether oxygens (including phenoxy) is 1. The lowest BCUT2D eigenvalue weighted by atomic mass is 10.1. The van der Waals surface area contributed by atoms with E-state index in [0.717, 1.165) is 6.07 Å². The van der Waals surface area contributed by atoms with Gasteiger partial charge in [-0.25, -0.2) is 4.39 Å². The third-order valence-electron chi connectivity index (χ3n) is 4.64. The van der Waals surface area contributed by atoms with Crippen LogP contribution in [0.25, 0.3) is 11.5 Å². The first-order valence-electron chi connectivity index (χ1n) is 9.01. The van der Waals surface area contributed by atoms with Crippen molar-refractivity contribution in [3.8, 4) is 17.2 Å². The van der Waals surface area contributed by atoms with E-state index in [1.807, 2.05) is 0 Å². The average Bonchev–Trinajstić information content (AvgIpc) is 3.28. The van der Waals surface area contributed by atoms with E-state index >= 15 is 0 Å². The number of nitrogens with zero attached hydrogens (tertiary/aromatic N) is 3. The molecule has 0 aliphatic rings. The predicted octanol–water partition coefficient (Wildman–Crippen LogP) is 3.76. The van der Waals surface area contributed by atoms with Gasteiger partial charge in [0.2, 0.25) is 5.89 Å². The van der Waals surface area contributed by atoms with Crippen LogP contribution in [-0.2, 0) is 6.54 Å². The fraction of sp³-hybridized carbons (Fsp3) is 0.143. The van der Waals surface area contributed by atoms with E-state index in [1.165, 1.54) is 24.1 Å². The van der Waals surface area contributed by atoms with Gasteiger partial charge in [0.1, 0.15) is 11.5 Å². The van der Waals surface area contributed by atoms with Crippen molar-refractivity contribution in [1.29, 1.82) is 0 Å². The van der Waals surface area contributed by atoms with Gasteiger partial charge in [-0.1, -0.05) is 24.3 Å². The molecule has 0 bridgehead atoms. The highest BCUT2D eigenvalue weighted by Crippen LogP contribution is 2.33. The SMILES string of the molecule is COc1c(N(Cc2ccc(-c3nnc(C(F)F)o3)cc2F)c2ccccc2)c(=O)c1=O. The van der Waals surface area contributed by atoms with Crippen molar-refractivity contribution in [1.82, 2.24) is 10.2 Å². The molecule has 1 aromatic heterocycles. The summed E-state index contributed by atoms with van der Waals surface area (Å²) in [6.45, 7) is -0.0938. The lowest BCUT2D eigenvalue weighted by Gasteiger charge is -2.27. The zero-order valence-electron chi connectivity index (χ0n) is 16.0. The van der Waals surface area contributed by atoms with Crippen LogP contribution >= 0.6 is 0 Å². The number of aromatic nitrogens is 2. The average molecular weight is 429 g/mol. The zero-order valence-corrected chi connectivity index (χ0v) is 16.0. The van der Waals surface area contributed by atoms with E-state index in [-0.39, 0.29) is 35.0 Å². The number of anilines is 2. The van der Waals surface area contributed by atoms with Crippen molar-refractivity contribution in [3.63, 3.8) is 0 Å². The van der Waals surface area contributed by atoms with Gasteiger partial charge < -0.3 is 14.1 Å². The summed E-state index contributed by atoms with van der Waals surface area (Å²) in [6, 6.07) is 12.6. The van der Waals surface area contributed by atoms with Gasteiger partial charge in [0.15, 0.2) is 5.75 Å². The number of hydrogen-bond donors (Lipinski definition) is 0. The molecule has 7 nitrogen and oxygen atoms in total. The molecule has 0 fully saturated rings. The highest BCUT2D eigenvalue weighted by molar-refractivity contribution is 5.72. The maximum Gasteiger partial charge on any atom is 0.314 e. The third-order valence-corrected chi connectivity index (χ3v) is 4.64. The Balaban J connectivity index is 1.69. The summed E-state index contributed by atoms with van der Waals surface area (Å²) in [7, 11) is 1.27. The van der Waals surface area contributed by atoms with Gasteiger partial charge in [-0.15, -0.1) is 10.2 Å². The largest absolute Gasteiger partial charge is 0.491 e. The summed E-state index contributed by atoms with van der Waals surface area (Å²) in [5.74, 6) is -1.89. The molecule has 0 amide bonds. The molecule has 1 heterocycles. The Kier molecular flexibility index (Phi) is 5.28. The summed E-state index contributed by atoms with van der Waals surface area (Å²) < 4.78 is 50.0. The van der Waals surface area contributed by atoms with Crippen molar-refractivity contribution >= 4 is 11.4 Å². The van der Waals surface area contributed by atoms with Crippen LogP contribution in [0.15, 0.2) is 62.5 Å². The summed E-state index contributed by atoms with van der Waals surface area (Å²) in [5.41, 5.74) is -0.603. The van der Waals surface area contributed by atoms with Gasteiger partial charge in [0, 0.05) is 16.8 Å². The standard InChI is InChI=1S/C21H14F3N3O4/c1-30-18-15(16(28)17(18)29)27(13-5-3-2-4-6-13)10-12-8-7-11(9-14(12)22)20-25-26-21(31-20)19(23)24/h2-9,19H,10H2,1H3. The molecule has 4 aromatic rings. The maximum atomic E-state index is 14.9. The second kappa shape index (κ2) is 8.05. The van der Waals surface area contributed by atoms with Crippen LogP contribution in [0.1, 0.15) is 17.9 Å². The van der Waals surface area contributed by atoms with Crippen molar-refractivity contribution in [2.24, 2.45) is 0 Å². The van der Waals surface area contributed by atoms with Gasteiger partial charge in [-0.05, 0) is 24.3 Å². The highest BCUT2D eigenvalue weighted by atomic mass is 19.3. The Morgan fingerprint density at radius 2 is 1.81 bits per heavy atom. The first-order chi connectivity index (χ1) is 14.9.